The molecule has 96 valence electrons. The summed E-state index contributed by atoms with van der Waals surface area (Å²) in [6.45, 7) is 6.73. The molecule has 17 heavy (non-hydrogen) atoms. The van der Waals surface area contributed by atoms with Crippen LogP contribution in [0.4, 0.5) is 0 Å². The highest BCUT2D eigenvalue weighted by Crippen LogP contribution is 2.14. The van der Waals surface area contributed by atoms with Crippen LogP contribution in [0.2, 0.25) is 0 Å². The van der Waals surface area contributed by atoms with Gasteiger partial charge in [-0.1, -0.05) is 12.1 Å². The fourth-order valence-corrected chi connectivity index (χ4v) is 1.18. The van der Waals surface area contributed by atoms with Crippen molar-refractivity contribution in [2.75, 3.05) is 13.2 Å². The van der Waals surface area contributed by atoms with Crippen LogP contribution < -0.4 is 0 Å². The second-order valence-electron chi connectivity index (χ2n) is 3.58. The molecule has 6 heteroatoms. The van der Waals surface area contributed by atoms with Crippen molar-refractivity contribution in [1.82, 2.24) is 10.1 Å². The minimum Gasteiger partial charge on any atom is -0.465 e. The Hall–Kier alpha value is -1.43. The lowest BCUT2D eigenvalue weighted by atomic mass is 10.2. The van der Waals surface area contributed by atoms with E-state index in [1.165, 1.54) is 0 Å². The summed E-state index contributed by atoms with van der Waals surface area (Å²) in [7, 11) is 0. The number of ether oxygens (including phenoxy) is 2. The molecule has 0 radical (unpaired) electrons. The summed E-state index contributed by atoms with van der Waals surface area (Å²) in [4.78, 5) is 15.5. The monoisotopic (exact) mass is 242 g/mol. The molecule has 0 aliphatic rings. The minimum atomic E-state index is -0.539. The highest BCUT2D eigenvalue weighted by atomic mass is 16.5. The normalized spacial score (nSPS) is 12.4. The molecule has 6 nitrogen and oxygen atoms in total. The molecule has 0 aliphatic heterocycles. The maximum absolute atomic E-state index is 11.4. The molecule has 0 fully saturated rings. The van der Waals surface area contributed by atoms with Gasteiger partial charge < -0.3 is 14.0 Å². The van der Waals surface area contributed by atoms with Gasteiger partial charge in [0.2, 0.25) is 5.89 Å². The summed E-state index contributed by atoms with van der Waals surface area (Å²) in [6, 6.07) is 0. The lowest BCUT2D eigenvalue weighted by molar-refractivity contribution is -0.145. The third kappa shape index (κ3) is 4.14. The van der Waals surface area contributed by atoms with E-state index in [1.807, 2.05) is 6.92 Å². The van der Waals surface area contributed by atoms with Gasteiger partial charge >= 0.3 is 5.97 Å². The Bertz CT molecular complexity index is 351. The molecule has 0 aliphatic carbocycles. The van der Waals surface area contributed by atoms with Crippen LogP contribution in [-0.4, -0.2) is 29.3 Å². The van der Waals surface area contributed by atoms with Gasteiger partial charge in [-0.3, -0.25) is 4.79 Å². The average molecular weight is 242 g/mol. The second-order valence-corrected chi connectivity index (χ2v) is 3.58. The molecular formula is C11H18N2O4. The standard InChI is InChI=1S/C11H18N2O4/c1-4-6-15-7-9-12-10(17-13-9)8(3)11(14)16-5-2/h8H,4-7H2,1-3H3. The third-order valence-corrected chi connectivity index (χ3v) is 2.07. The fraction of sp³-hybridized carbons (Fsp3) is 0.727. The SMILES string of the molecule is CCCOCc1noc(C(C)C(=O)OCC)n1. The van der Waals surface area contributed by atoms with Crippen LogP contribution in [0.1, 0.15) is 44.8 Å². The van der Waals surface area contributed by atoms with E-state index in [9.17, 15) is 4.79 Å². The van der Waals surface area contributed by atoms with Crippen molar-refractivity contribution in [2.24, 2.45) is 0 Å². The van der Waals surface area contributed by atoms with Crippen LogP contribution >= 0.6 is 0 Å². The first-order valence-corrected chi connectivity index (χ1v) is 5.75. The number of esters is 1. The number of aromatic nitrogens is 2. The summed E-state index contributed by atoms with van der Waals surface area (Å²) in [5, 5.41) is 3.73. The van der Waals surface area contributed by atoms with E-state index < -0.39 is 5.92 Å². The van der Waals surface area contributed by atoms with Crippen molar-refractivity contribution < 1.29 is 18.8 Å². The van der Waals surface area contributed by atoms with E-state index in [1.54, 1.807) is 13.8 Å². The summed E-state index contributed by atoms with van der Waals surface area (Å²) < 4.78 is 15.1. The van der Waals surface area contributed by atoms with Crippen LogP contribution in [0, 0.1) is 0 Å². The van der Waals surface area contributed by atoms with E-state index >= 15 is 0 Å². The molecule has 0 saturated heterocycles. The lowest BCUT2D eigenvalue weighted by Gasteiger charge is -2.04. The van der Waals surface area contributed by atoms with E-state index in [-0.39, 0.29) is 11.9 Å². The first-order valence-electron chi connectivity index (χ1n) is 5.75. The van der Waals surface area contributed by atoms with E-state index in [2.05, 4.69) is 10.1 Å². The number of rotatable bonds is 7. The lowest BCUT2D eigenvalue weighted by Crippen LogP contribution is -2.13. The van der Waals surface area contributed by atoms with Crippen molar-refractivity contribution in [2.45, 2.75) is 39.7 Å². The first-order chi connectivity index (χ1) is 8.19. The molecule has 0 saturated carbocycles. The molecule has 0 aromatic carbocycles. The van der Waals surface area contributed by atoms with Gasteiger partial charge in [-0.15, -0.1) is 0 Å². The Morgan fingerprint density at radius 1 is 1.47 bits per heavy atom. The Morgan fingerprint density at radius 2 is 2.24 bits per heavy atom. The highest BCUT2D eigenvalue weighted by Gasteiger charge is 2.22. The van der Waals surface area contributed by atoms with Gasteiger partial charge in [0.25, 0.3) is 0 Å². The molecule has 0 bridgehead atoms. The van der Waals surface area contributed by atoms with Crippen molar-refractivity contribution in [3.63, 3.8) is 0 Å². The van der Waals surface area contributed by atoms with Crippen molar-refractivity contribution in [3.05, 3.63) is 11.7 Å². The zero-order valence-corrected chi connectivity index (χ0v) is 10.4. The predicted molar refractivity (Wildman–Crippen MR) is 59.3 cm³/mol. The second kappa shape index (κ2) is 7.01. The van der Waals surface area contributed by atoms with Crippen molar-refractivity contribution in [1.29, 1.82) is 0 Å². The number of carbonyl (C=O) groups is 1. The van der Waals surface area contributed by atoms with Crippen LogP contribution in [0.5, 0.6) is 0 Å². The molecule has 0 N–H and O–H groups in total. The van der Waals surface area contributed by atoms with Gasteiger partial charge in [0, 0.05) is 6.61 Å². The van der Waals surface area contributed by atoms with Gasteiger partial charge in [-0.25, -0.2) is 0 Å². The van der Waals surface area contributed by atoms with E-state index in [0.29, 0.717) is 25.6 Å². The van der Waals surface area contributed by atoms with Crippen LogP contribution in [0.15, 0.2) is 4.52 Å². The maximum atomic E-state index is 11.4. The van der Waals surface area contributed by atoms with Crippen molar-refractivity contribution >= 4 is 5.97 Å². The molecule has 0 spiro atoms. The van der Waals surface area contributed by atoms with E-state index in [0.717, 1.165) is 6.42 Å². The summed E-state index contributed by atoms with van der Waals surface area (Å²) >= 11 is 0. The Labute approximate surface area is 100 Å². The Kier molecular flexibility index (Phi) is 5.62. The van der Waals surface area contributed by atoms with Crippen LogP contribution in [-0.2, 0) is 20.9 Å². The molecule has 1 aromatic rings. The highest BCUT2D eigenvalue weighted by molar-refractivity contribution is 5.76. The molecule has 1 heterocycles. The van der Waals surface area contributed by atoms with Gasteiger partial charge in [-0.05, 0) is 20.3 Å². The van der Waals surface area contributed by atoms with Gasteiger partial charge in [0.1, 0.15) is 12.5 Å². The molecule has 0 amide bonds. The maximum Gasteiger partial charge on any atom is 0.318 e. The zero-order valence-electron chi connectivity index (χ0n) is 10.4. The van der Waals surface area contributed by atoms with Gasteiger partial charge in [-0.2, -0.15) is 4.98 Å². The molecule has 1 atom stereocenters. The zero-order chi connectivity index (χ0) is 12.7. The summed E-state index contributed by atoms with van der Waals surface area (Å²) in [5.74, 6) is -0.192. The smallest absolute Gasteiger partial charge is 0.318 e. The fourth-order valence-electron chi connectivity index (χ4n) is 1.18. The largest absolute Gasteiger partial charge is 0.465 e. The van der Waals surface area contributed by atoms with Gasteiger partial charge in [0.15, 0.2) is 5.82 Å². The average Bonchev–Trinajstić information content (AvgIpc) is 2.77. The molecular weight excluding hydrogens is 224 g/mol. The number of hydrogen-bond acceptors (Lipinski definition) is 6. The minimum absolute atomic E-state index is 0.263. The quantitative estimate of drug-likeness (QED) is 0.534. The number of carbonyl (C=O) groups excluding carboxylic acids is 1. The molecule has 1 rings (SSSR count). The molecule has 1 unspecified atom stereocenters. The van der Waals surface area contributed by atoms with Crippen molar-refractivity contribution in [3.8, 4) is 0 Å². The van der Waals surface area contributed by atoms with Gasteiger partial charge in [0.05, 0.1) is 6.61 Å². The third-order valence-electron chi connectivity index (χ3n) is 2.07. The Morgan fingerprint density at radius 3 is 2.88 bits per heavy atom. The molecule has 1 aromatic heterocycles. The summed E-state index contributed by atoms with van der Waals surface area (Å²) in [6.07, 6.45) is 0.934. The van der Waals surface area contributed by atoms with E-state index in [4.69, 9.17) is 14.0 Å². The van der Waals surface area contributed by atoms with Crippen LogP contribution in [0.3, 0.4) is 0 Å². The Balaban J connectivity index is 2.51. The topological polar surface area (TPSA) is 74.5 Å². The number of nitrogens with zero attached hydrogens (tertiary/aromatic N) is 2. The summed E-state index contributed by atoms with van der Waals surface area (Å²) in [5.41, 5.74) is 0. The first kappa shape index (κ1) is 13.6. The predicted octanol–water partition coefficient (Wildman–Crippen LogP) is 1.66. The number of hydrogen-bond donors (Lipinski definition) is 0. The van der Waals surface area contributed by atoms with Crippen LogP contribution in [0.25, 0.3) is 0 Å².